The highest BCUT2D eigenvalue weighted by molar-refractivity contribution is 5.73. The first-order chi connectivity index (χ1) is 15.1. The number of fused-ring (bicyclic) bond motifs is 1. The zero-order valence-electron chi connectivity index (χ0n) is 18.0. The molecule has 170 valence electrons. The number of allylic oxidation sites excluding steroid dienone is 1. The van der Waals surface area contributed by atoms with Gasteiger partial charge in [-0.15, -0.1) is 0 Å². The molecular weight excluding hydrogens is 419 g/mol. The number of piperazine rings is 1. The number of hydrogen-bond donors (Lipinski definition) is 2. The zero-order chi connectivity index (χ0) is 23.0. The van der Waals surface area contributed by atoms with Crippen molar-refractivity contribution in [2.75, 3.05) is 42.1 Å². The largest absolute Gasteiger partial charge is 0.416 e. The molecule has 3 N–H and O–H groups in total. The Morgan fingerprint density at radius 2 is 1.88 bits per heavy atom. The van der Waals surface area contributed by atoms with Crippen molar-refractivity contribution in [1.29, 1.82) is 0 Å². The van der Waals surface area contributed by atoms with Crippen LogP contribution in [0.15, 0.2) is 49.1 Å². The van der Waals surface area contributed by atoms with Gasteiger partial charge in [0.25, 0.3) is 0 Å². The quantitative estimate of drug-likeness (QED) is 0.575. The molecule has 0 aliphatic carbocycles. The molecule has 3 aromatic rings. The van der Waals surface area contributed by atoms with Gasteiger partial charge < -0.3 is 20.9 Å². The van der Waals surface area contributed by atoms with Gasteiger partial charge in [0.15, 0.2) is 5.82 Å². The third-order valence-corrected chi connectivity index (χ3v) is 5.73. The minimum atomic E-state index is -4.46. The van der Waals surface area contributed by atoms with Crippen molar-refractivity contribution in [3.63, 3.8) is 0 Å². The molecule has 2 aromatic heterocycles. The molecule has 0 unspecified atom stereocenters. The van der Waals surface area contributed by atoms with Gasteiger partial charge in [-0.05, 0) is 43.7 Å². The number of alkyl halides is 3. The van der Waals surface area contributed by atoms with Crippen LogP contribution in [0.25, 0.3) is 5.52 Å². The summed E-state index contributed by atoms with van der Waals surface area (Å²) in [5, 5.41) is 7.50. The van der Waals surface area contributed by atoms with Gasteiger partial charge in [0, 0.05) is 37.6 Å². The molecule has 1 fully saturated rings. The van der Waals surface area contributed by atoms with Crippen LogP contribution in [-0.4, -0.2) is 45.7 Å². The number of nitrogen functional groups attached to an aromatic ring is 1. The molecule has 0 radical (unpaired) electrons. The van der Waals surface area contributed by atoms with E-state index >= 15 is 0 Å². The Morgan fingerprint density at radius 1 is 1.16 bits per heavy atom. The number of anilines is 3. The molecule has 1 aliphatic heterocycles. The van der Waals surface area contributed by atoms with E-state index in [1.54, 1.807) is 11.4 Å². The molecule has 1 atom stereocenters. The number of hydrogen-bond acceptors (Lipinski definition) is 6. The maximum Gasteiger partial charge on any atom is 0.416 e. The highest BCUT2D eigenvalue weighted by Crippen LogP contribution is 2.34. The molecule has 32 heavy (non-hydrogen) atoms. The molecule has 7 nitrogen and oxygen atoms in total. The first-order valence-corrected chi connectivity index (χ1v) is 10.3. The number of halogens is 3. The lowest BCUT2D eigenvalue weighted by Gasteiger charge is -2.36. The minimum absolute atomic E-state index is 0.0650. The first kappa shape index (κ1) is 21.8. The van der Waals surface area contributed by atoms with Crippen LogP contribution in [0.2, 0.25) is 0 Å². The van der Waals surface area contributed by atoms with Crippen LogP contribution in [0.3, 0.4) is 0 Å². The van der Waals surface area contributed by atoms with Crippen LogP contribution in [0.5, 0.6) is 0 Å². The molecule has 4 rings (SSSR count). The topological polar surface area (TPSA) is 74.7 Å². The van der Waals surface area contributed by atoms with Crippen molar-refractivity contribution < 1.29 is 13.2 Å². The van der Waals surface area contributed by atoms with Gasteiger partial charge in [0.1, 0.15) is 11.8 Å². The lowest BCUT2D eigenvalue weighted by molar-refractivity contribution is -0.137. The second-order valence-corrected chi connectivity index (χ2v) is 8.10. The van der Waals surface area contributed by atoms with E-state index in [9.17, 15) is 13.2 Å². The number of nitrogens with two attached hydrogens (primary N) is 1. The summed E-state index contributed by atoms with van der Waals surface area (Å²) in [6.45, 7) is 11.3. The van der Waals surface area contributed by atoms with Crippen molar-refractivity contribution in [3.05, 3.63) is 60.2 Å². The Hall–Kier alpha value is -3.43. The standard InChI is InChI=1S/C22H26F3N7/c1-14(2)30-4-6-31(7-5-30)19-11-20-21(27-13-28-32(20)12-19)29-15(3)16-8-17(22(23,24)25)10-18(26)9-16/h8-13,15H,1,4-7,26H2,2-3H3,(H,27,28,29)/t15-/m1/s1. The van der Waals surface area contributed by atoms with Gasteiger partial charge in [-0.1, -0.05) is 6.58 Å². The predicted octanol–water partition coefficient (Wildman–Crippen LogP) is 4.16. The van der Waals surface area contributed by atoms with Gasteiger partial charge in [-0.3, -0.25) is 0 Å². The molecule has 0 amide bonds. The summed E-state index contributed by atoms with van der Waals surface area (Å²) in [5.74, 6) is 0.537. The Morgan fingerprint density at radius 3 is 2.53 bits per heavy atom. The molecular formula is C22H26F3N7. The summed E-state index contributed by atoms with van der Waals surface area (Å²) in [6.07, 6.45) is -1.10. The average molecular weight is 445 g/mol. The second kappa shape index (κ2) is 8.25. The average Bonchev–Trinajstić information content (AvgIpc) is 3.18. The highest BCUT2D eigenvalue weighted by Gasteiger charge is 2.31. The van der Waals surface area contributed by atoms with Gasteiger partial charge in [0.05, 0.1) is 23.5 Å². The number of rotatable bonds is 5. The second-order valence-electron chi connectivity index (χ2n) is 8.10. The van der Waals surface area contributed by atoms with E-state index in [0.29, 0.717) is 11.4 Å². The molecule has 0 spiro atoms. The lowest BCUT2D eigenvalue weighted by atomic mass is 10.0. The van der Waals surface area contributed by atoms with E-state index in [4.69, 9.17) is 5.73 Å². The lowest BCUT2D eigenvalue weighted by Crippen LogP contribution is -2.45. The van der Waals surface area contributed by atoms with Gasteiger partial charge in [-0.25, -0.2) is 9.50 Å². The van der Waals surface area contributed by atoms with Crippen LogP contribution in [0, 0.1) is 0 Å². The molecule has 3 heterocycles. The third kappa shape index (κ3) is 4.44. The number of aromatic nitrogens is 3. The molecule has 10 heteroatoms. The van der Waals surface area contributed by atoms with Gasteiger partial charge in [-0.2, -0.15) is 18.3 Å². The molecule has 0 saturated carbocycles. The van der Waals surface area contributed by atoms with Crippen LogP contribution in [0.4, 0.5) is 30.4 Å². The van der Waals surface area contributed by atoms with Crippen molar-refractivity contribution in [3.8, 4) is 0 Å². The smallest absolute Gasteiger partial charge is 0.399 e. The molecule has 0 bridgehead atoms. The minimum Gasteiger partial charge on any atom is -0.399 e. The van der Waals surface area contributed by atoms with Gasteiger partial charge >= 0.3 is 6.18 Å². The summed E-state index contributed by atoms with van der Waals surface area (Å²) in [5.41, 5.74) is 8.27. The van der Waals surface area contributed by atoms with Crippen molar-refractivity contribution in [1.82, 2.24) is 19.5 Å². The first-order valence-electron chi connectivity index (χ1n) is 10.3. The van der Waals surface area contributed by atoms with Crippen molar-refractivity contribution in [2.45, 2.75) is 26.1 Å². The zero-order valence-corrected chi connectivity index (χ0v) is 18.0. The number of nitrogens with zero attached hydrogens (tertiary/aromatic N) is 5. The predicted molar refractivity (Wildman–Crippen MR) is 119 cm³/mol. The monoisotopic (exact) mass is 445 g/mol. The fourth-order valence-corrected chi connectivity index (χ4v) is 3.93. The van der Waals surface area contributed by atoms with Crippen LogP contribution in [0.1, 0.15) is 31.0 Å². The molecule has 1 aliphatic rings. The Labute approximate surface area is 184 Å². The summed E-state index contributed by atoms with van der Waals surface area (Å²) in [7, 11) is 0. The van der Waals surface area contributed by atoms with E-state index < -0.39 is 17.8 Å². The summed E-state index contributed by atoms with van der Waals surface area (Å²) in [4.78, 5) is 8.85. The van der Waals surface area contributed by atoms with Crippen LogP contribution >= 0.6 is 0 Å². The Balaban J connectivity index is 1.57. The van der Waals surface area contributed by atoms with E-state index in [2.05, 4.69) is 31.8 Å². The van der Waals surface area contributed by atoms with Crippen molar-refractivity contribution >= 4 is 22.7 Å². The Kier molecular flexibility index (Phi) is 5.62. The highest BCUT2D eigenvalue weighted by atomic mass is 19.4. The normalized spacial score (nSPS) is 15.8. The van der Waals surface area contributed by atoms with Gasteiger partial charge in [0.2, 0.25) is 0 Å². The molecule has 1 saturated heterocycles. The van der Waals surface area contributed by atoms with E-state index in [1.165, 1.54) is 12.4 Å². The maximum atomic E-state index is 13.2. The van der Waals surface area contributed by atoms with E-state index in [1.807, 2.05) is 19.2 Å². The van der Waals surface area contributed by atoms with Crippen LogP contribution in [-0.2, 0) is 6.18 Å². The Bertz CT molecular complexity index is 1130. The SMILES string of the molecule is C=C(C)N1CCN(c2cc3c(N[C@H](C)c4cc(N)cc(C(F)(F)F)c4)ncnn3c2)CC1. The summed E-state index contributed by atoms with van der Waals surface area (Å²) in [6, 6.07) is 5.13. The third-order valence-electron chi connectivity index (χ3n) is 5.73. The van der Waals surface area contributed by atoms with Crippen molar-refractivity contribution in [2.24, 2.45) is 0 Å². The summed E-state index contributed by atoms with van der Waals surface area (Å²) >= 11 is 0. The van der Waals surface area contributed by atoms with Crippen LogP contribution < -0.4 is 16.0 Å². The van der Waals surface area contributed by atoms with E-state index in [-0.39, 0.29) is 5.69 Å². The number of nitrogens with one attached hydrogen (secondary N) is 1. The number of benzene rings is 1. The molecule has 1 aromatic carbocycles. The van der Waals surface area contributed by atoms with E-state index in [0.717, 1.165) is 55.2 Å². The fraction of sp³-hybridized carbons (Fsp3) is 0.364. The maximum absolute atomic E-state index is 13.2. The fourth-order valence-electron chi connectivity index (χ4n) is 3.93. The summed E-state index contributed by atoms with van der Waals surface area (Å²) < 4.78 is 41.3.